The minimum atomic E-state index is -0.702. The van der Waals surface area contributed by atoms with Crippen LogP contribution in [0.15, 0.2) is 30.3 Å². The molecule has 3 heterocycles. The maximum Gasteiger partial charge on any atom is 0.244 e. The van der Waals surface area contributed by atoms with Gasteiger partial charge in [0.15, 0.2) is 0 Å². The molecule has 4 rings (SSSR count). The predicted molar refractivity (Wildman–Crippen MR) is 119 cm³/mol. The molecule has 3 saturated heterocycles. The highest BCUT2D eigenvalue weighted by Crippen LogP contribution is 2.71. The van der Waals surface area contributed by atoms with E-state index in [1.54, 1.807) is 23.7 Å². The number of amides is 3. The number of nitrogens with one attached hydrogen (secondary N) is 2. The minimum absolute atomic E-state index is 0.141. The van der Waals surface area contributed by atoms with Crippen LogP contribution in [0.5, 0.6) is 0 Å². The van der Waals surface area contributed by atoms with Crippen LogP contribution in [0.1, 0.15) is 38.7 Å². The molecule has 31 heavy (non-hydrogen) atoms. The summed E-state index contributed by atoms with van der Waals surface area (Å²) >= 11 is 1.64. The van der Waals surface area contributed by atoms with Crippen molar-refractivity contribution in [3.8, 4) is 0 Å². The van der Waals surface area contributed by atoms with Crippen LogP contribution < -0.4 is 10.6 Å². The summed E-state index contributed by atoms with van der Waals surface area (Å²) in [6, 6.07) is 8.50. The molecule has 3 N–H and O–H groups in total. The van der Waals surface area contributed by atoms with Gasteiger partial charge in [0.05, 0.1) is 29.2 Å². The van der Waals surface area contributed by atoms with Gasteiger partial charge in [-0.25, -0.2) is 0 Å². The molecule has 2 bridgehead atoms. The fourth-order valence-electron chi connectivity index (χ4n) is 5.91. The van der Waals surface area contributed by atoms with E-state index in [2.05, 4.69) is 10.6 Å². The number of hydrogen-bond donors (Lipinski definition) is 3. The van der Waals surface area contributed by atoms with Gasteiger partial charge in [-0.3, -0.25) is 14.4 Å². The summed E-state index contributed by atoms with van der Waals surface area (Å²) in [6.07, 6.45) is 2.03. The lowest BCUT2D eigenvalue weighted by molar-refractivity contribution is -0.143. The van der Waals surface area contributed by atoms with Crippen molar-refractivity contribution in [2.24, 2.45) is 11.8 Å². The van der Waals surface area contributed by atoms with Crippen LogP contribution in [0, 0.1) is 11.8 Å². The van der Waals surface area contributed by atoms with Gasteiger partial charge >= 0.3 is 0 Å². The Labute approximate surface area is 187 Å². The first kappa shape index (κ1) is 22.1. The number of rotatable bonds is 7. The van der Waals surface area contributed by atoms with Gasteiger partial charge < -0.3 is 20.6 Å². The lowest BCUT2D eigenvalue weighted by Gasteiger charge is -2.36. The molecule has 0 saturated carbocycles. The molecule has 168 valence electrons. The molecule has 6 atom stereocenters. The summed E-state index contributed by atoms with van der Waals surface area (Å²) in [5.74, 6) is -1.55. The van der Waals surface area contributed by atoms with Crippen molar-refractivity contribution in [1.29, 1.82) is 0 Å². The molecule has 1 aromatic rings. The van der Waals surface area contributed by atoms with Crippen molar-refractivity contribution in [2.75, 3.05) is 13.7 Å². The third-order valence-corrected chi connectivity index (χ3v) is 9.36. The quantitative estimate of drug-likeness (QED) is 0.588. The summed E-state index contributed by atoms with van der Waals surface area (Å²) in [5, 5.41) is 15.8. The molecule has 8 heteroatoms. The molecule has 3 amide bonds. The molecule has 3 aliphatic rings. The number of benzene rings is 1. The molecule has 3 fully saturated rings. The third kappa shape index (κ3) is 3.26. The fourth-order valence-corrected chi connectivity index (χ4v) is 8.25. The number of nitrogens with zero attached hydrogens (tertiary/aromatic N) is 1. The number of likely N-dealkylation sites (tertiary alicyclic amines) is 1. The monoisotopic (exact) mass is 445 g/mol. The maximum absolute atomic E-state index is 13.7. The third-order valence-electron chi connectivity index (χ3n) is 7.38. The normalized spacial score (nSPS) is 34.5. The zero-order valence-electron chi connectivity index (χ0n) is 18.3. The Balaban J connectivity index is 1.71. The van der Waals surface area contributed by atoms with E-state index in [4.69, 9.17) is 0 Å². The highest BCUT2D eigenvalue weighted by atomic mass is 32.2. The molecule has 0 aromatic heterocycles. The van der Waals surface area contributed by atoms with Crippen LogP contribution >= 0.6 is 11.8 Å². The molecule has 1 aromatic carbocycles. The van der Waals surface area contributed by atoms with E-state index in [0.29, 0.717) is 19.4 Å². The van der Waals surface area contributed by atoms with E-state index >= 15 is 0 Å². The average molecular weight is 446 g/mol. The predicted octanol–water partition coefficient (Wildman–Crippen LogP) is 1.30. The molecule has 3 aliphatic heterocycles. The van der Waals surface area contributed by atoms with Crippen molar-refractivity contribution in [2.45, 2.75) is 61.2 Å². The molecule has 0 radical (unpaired) electrons. The number of aliphatic hydroxyl groups excluding tert-OH is 1. The van der Waals surface area contributed by atoms with Crippen LogP contribution in [-0.2, 0) is 20.9 Å². The van der Waals surface area contributed by atoms with E-state index in [0.717, 1.165) is 12.0 Å². The summed E-state index contributed by atoms with van der Waals surface area (Å²) in [4.78, 5) is 41.8. The molecular weight excluding hydrogens is 414 g/mol. The van der Waals surface area contributed by atoms with E-state index in [1.807, 2.05) is 44.2 Å². The summed E-state index contributed by atoms with van der Waals surface area (Å²) in [7, 11) is 1.60. The SMILES string of the molecule is CC[C@@H](CO)N1C(=O)[C@@H]2[C@H](C(=O)NC)[C@]3(C)CCC2(S3)C1C(=O)NCc1ccccc1. The van der Waals surface area contributed by atoms with Gasteiger partial charge in [0, 0.05) is 18.3 Å². The zero-order chi connectivity index (χ0) is 22.4. The Kier molecular flexibility index (Phi) is 5.81. The fraction of sp³-hybridized carbons (Fsp3) is 0.609. The number of carbonyl (C=O) groups is 3. The van der Waals surface area contributed by atoms with Gasteiger partial charge in [-0.05, 0) is 31.7 Å². The smallest absolute Gasteiger partial charge is 0.244 e. The van der Waals surface area contributed by atoms with Gasteiger partial charge in [-0.15, -0.1) is 11.8 Å². The average Bonchev–Trinajstić information content (AvgIpc) is 3.34. The largest absolute Gasteiger partial charge is 0.394 e. The second kappa shape index (κ2) is 8.13. The first-order valence-electron chi connectivity index (χ1n) is 11.0. The number of hydrogen-bond acceptors (Lipinski definition) is 5. The maximum atomic E-state index is 13.7. The van der Waals surface area contributed by atoms with Crippen LogP contribution in [0.2, 0.25) is 0 Å². The summed E-state index contributed by atoms with van der Waals surface area (Å²) in [6.45, 7) is 4.11. The van der Waals surface area contributed by atoms with E-state index in [1.165, 1.54) is 0 Å². The molecule has 7 nitrogen and oxygen atoms in total. The molecule has 2 unspecified atom stereocenters. The van der Waals surface area contributed by atoms with Crippen LogP contribution in [0.3, 0.4) is 0 Å². The Morgan fingerprint density at radius 2 is 1.97 bits per heavy atom. The highest BCUT2D eigenvalue weighted by molar-refractivity contribution is 8.02. The Hall–Kier alpha value is -2.06. The molecular formula is C23H31N3O4S. The van der Waals surface area contributed by atoms with Crippen molar-refractivity contribution in [3.63, 3.8) is 0 Å². The minimum Gasteiger partial charge on any atom is -0.394 e. The van der Waals surface area contributed by atoms with Gasteiger partial charge in [0.25, 0.3) is 0 Å². The van der Waals surface area contributed by atoms with Gasteiger partial charge in [-0.1, -0.05) is 37.3 Å². The highest BCUT2D eigenvalue weighted by Gasteiger charge is 2.77. The van der Waals surface area contributed by atoms with E-state index in [-0.39, 0.29) is 29.1 Å². The van der Waals surface area contributed by atoms with Crippen LogP contribution in [-0.4, -0.2) is 63.0 Å². The van der Waals surface area contributed by atoms with Gasteiger partial charge in [0.2, 0.25) is 17.7 Å². The second-order valence-electron chi connectivity index (χ2n) is 9.04. The first-order chi connectivity index (χ1) is 14.8. The van der Waals surface area contributed by atoms with Crippen LogP contribution in [0.25, 0.3) is 0 Å². The lowest BCUT2D eigenvalue weighted by atomic mass is 9.66. The zero-order valence-corrected chi connectivity index (χ0v) is 19.1. The Bertz CT molecular complexity index is 877. The Morgan fingerprint density at radius 3 is 2.58 bits per heavy atom. The van der Waals surface area contributed by atoms with Crippen molar-refractivity contribution < 1.29 is 19.5 Å². The molecule has 0 aliphatic carbocycles. The Morgan fingerprint density at radius 1 is 1.26 bits per heavy atom. The number of thioether (sulfide) groups is 1. The number of carbonyl (C=O) groups excluding carboxylic acids is 3. The molecule has 1 spiro atoms. The van der Waals surface area contributed by atoms with Crippen molar-refractivity contribution in [3.05, 3.63) is 35.9 Å². The summed E-state index contributed by atoms with van der Waals surface area (Å²) < 4.78 is -1.02. The lowest BCUT2D eigenvalue weighted by Crippen LogP contribution is -2.56. The van der Waals surface area contributed by atoms with Gasteiger partial charge in [-0.2, -0.15) is 0 Å². The standard InChI is InChI=1S/C23H31N3O4S/c1-4-15(13-27)26-18(20(29)25-12-14-8-6-5-7-9-14)23-11-10-22(2,31-23)16(19(28)24-3)17(23)21(26)30/h5-9,15-18,27H,4,10-13H2,1-3H3,(H,24,28)(H,25,29)/t15-,16+,17-,18?,22-,23?/m0/s1. The van der Waals surface area contributed by atoms with Crippen LogP contribution in [0.4, 0.5) is 0 Å². The first-order valence-corrected chi connectivity index (χ1v) is 11.8. The van der Waals surface area contributed by atoms with E-state index < -0.39 is 28.7 Å². The van der Waals surface area contributed by atoms with Crippen molar-refractivity contribution >= 4 is 29.5 Å². The number of aliphatic hydroxyl groups is 1. The topological polar surface area (TPSA) is 98.7 Å². The van der Waals surface area contributed by atoms with E-state index in [9.17, 15) is 19.5 Å². The van der Waals surface area contributed by atoms with Gasteiger partial charge in [0.1, 0.15) is 6.04 Å². The summed E-state index contributed by atoms with van der Waals surface area (Å²) in [5.41, 5.74) is 0.980. The van der Waals surface area contributed by atoms with Crippen molar-refractivity contribution in [1.82, 2.24) is 15.5 Å². The number of fused-ring (bicyclic) bond motifs is 1. The second-order valence-corrected chi connectivity index (χ2v) is 10.9.